The summed E-state index contributed by atoms with van der Waals surface area (Å²) in [5.74, 6) is 1.34. The van der Waals surface area contributed by atoms with E-state index in [9.17, 15) is 9.59 Å². The van der Waals surface area contributed by atoms with Crippen molar-refractivity contribution >= 4 is 47.4 Å². The van der Waals surface area contributed by atoms with E-state index in [4.69, 9.17) is 0 Å². The molecule has 3 rings (SSSR count). The zero-order valence-electron chi connectivity index (χ0n) is 17.6. The number of anilines is 1. The monoisotopic (exact) mass is 513 g/mol. The van der Waals surface area contributed by atoms with Crippen LogP contribution in [0.2, 0.25) is 0 Å². The van der Waals surface area contributed by atoms with Crippen molar-refractivity contribution < 1.29 is 9.59 Å². The Morgan fingerprint density at radius 3 is 2.72 bits per heavy atom. The number of benzene rings is 1. The van der Waals surface area contributed by atoms with Crippen molar-refractivity contribution in [2.75, 3.05) is 51.7 Å². The van der Waals surface area contributed by atoms with Crippen LogP contribution in [0.15, 0.2) is 29.3 Å². The number of hydrogen-bond acceptors (Lipinski definition) is 3. The summed E-state index contributed by atoms with van der Waals surface area (Å²) >= 11 is 0. The Bertz CT molecular complexity index is 752. The minimum Gasteiger partial charge on any atom is -0.356 e. The fourth-order valence-electron chi connectivity index (χ4n) is 3.87. The standard InChI is InChI=1S/C21H31N5O2.HI/c1-4-22-21(23-14-20(28)24(2)3)26-15-16(17-8-5-6-9-18(17)26)11-13-25-12-7-10-19(25)27;/h5-6,8-9,16H,4,7,10-15H2,1-3H3,(H,22,23);1H. The number of carbonyl (C=O) groups excluding carboxylic acids is 2. The quantitative estimate of drug-likeness (QED) is 0.360. The maximum absolute atomic E-state index is 12.0. The molecule has 1 aromatic rings. The van der Waals surface area contributed by atoms with Gasteiger partial charge in [0.2, 0.25) is 11.8 Å². The van der Waals surface area contributed by atoms with Crippen molar-refractivity contribution in [1.82, 2.24) is 15.1 Å². The van der Waals surface area contributed by atoms with Gasteiger partial charge >= 0.3 is 0 Å². The molecule has 1 fully saturated rings. The van der Waals surface area contributed by atoms with Crippen LogP contribution in [-0.4, -0.2) is 74.4 Å². The van der Waals surface area contributed by atoms with E-state index in [1.54, 1.807) is 19.0 Å². The van der Waals surface area contributed by atoms with Gasteiger partial charge in [-0.05, 0) is 31.4 Å². The van der Waals surface area contributed by atoms with Crippen molar-refractivity contribution in [1.29, 1.82) is 0 Å². The second kappa shape index (κ2) is 10.8. The van der Waals surface area contributed by atoms with Gasteiger partial charge < -0.3 is 20.0 Å². The van der Waals surface area contributed by atoms with Crippen LogP contribution in [0.1, 0.15) is 37.7 Å². The van der Waals surface area contributed by atoms with Crippen LogP contribution in [-0.2, 0) is 9.59 Å². The molecular weight excluding hydrogens is 481 g/mol. The maximum Gasteiger partial charge on any atom is 0.243 e. The van der Waals surface area contributed by atoms with Crippen molar-refractivity contribution in [2.45, 2.75) is 32.1 Å². The number of likely N-dealkylation sites (N-methyl/N-ethyl adjacent to an activating group) is 1. The lowest BCUT2D eigenvalue weighted by atomic mass is 9.98. The number of aliphatic imine (C=N–C) groups is 1. The van der Waals surface area contributed by atoms with Crippen LogP contribution < -0.4 is 10.2 Å². The van der Waals surface area contributed by atoms with E-state index in [1.165, 1.54) is 5.56 Å². The van der Waals surface area contributed by atoms with Crippen LogP contribution in [0, 0.1) is 0 Å². The highest BCUT2D eigenvalue weighted by molar-refractivity contribution is 14.0. The van der Waals surface area contributed by atoms with Gasteiger partial charge in [-0.2, -0.15) is 0 Å². The molecule has 2 aliphatic rings. The Kier molecular flexibility index (Phi) is 8.73. The Labute approximate surface area is 190 Å². The summed E-state index contributed by atoms with van der Waals surface area (Å²) in [5, 5.41) is 3.33. The Morgan fingerprint density at radius 2 is 2.07 bits per heavy atom. The summed E-state index contributed by atoms with van der Waals surface area (Å²) < 4.78 is 0. The molecule has 1 N–H and O–H groups in total. The molecule has 0 spiro atoms. The second-order valence-electron chi connectivity index (χ2n) is 7.60. The molecule has 0 bridgehead atoms. The Hall–Kier alpha value is -1.84. The van der Waals surface area contributed by atoms with Gasteiger partial charge in [-0.15, -0.1) is 24.0 Å². The van der Waals surface area contributed by atoms with E-state index in [-0.39, 0.29) is 42.3 Å². The highest BCUT2D eigenvalue weighted by Gasteiger charge is 2.32. The van der Waals surface area contributed by atoms with Crippen LogP contribution in [0.5, 0.6) is 0 Å². The number of likely N-dealkylation sites (tertiary alicyclic amines) is 1. The van der Waals surface area contributed by atoms with Gasteiger partial charge in [0, 0.05) is 58.3 Å². The molecule has 2 amide bonds. The average Bonchev–Trinajstić information content (AvgIpc) is 3.26. The predicted octanol–water partition coefficient (Wildman–Crippen LogP) is 2.27. The number of fused-ring (bicyclic) bond motifs is 1. The normalized spacial score (nSPS) is 18.5. The molecule has 1 saturated heterocycles. The predicted molar refractivity (Wildman–Crippen MR) is 127 cm³/mol. The zero-order chi connectivity index (χ0) is 20.1. The molecule has 1 atom stereocenters. The summed E-state index contributed by atoms with van der Waals surface area (Å²) in [6, 6.07) is 8.38. The van der Waals surface area contributed by atoms with Gasteiger partial charge in [0.25, 0.3) is 0 Å². The molecule has 0 aromatic heterocycles. The number of para-hydroxylation sites is 1. The molecule has 0 saturated carbocycles. The molecule has 1 unspecified atom stereocenters. The number of halogens is 1. The molecule has 1 aromatic carbocycles. The van der Waals surface area contributed by atoms with E-state index >= 15 is 0 Å². The number of amides is 2. The first-order valence-electron chi connectivity index (χ1n) is 10.1. The molecule has 2 aliphatic heterocycles. The smallest absolute Gasteiger partial charge is 0.243 e. The first kappa shape index (κ1) is 23.4. The van der Waals surface area contributed by atoms with Crippen molar-refractivity contribution in [3.05, 3.63) is 29.8 Å². The third-order valence-electron chi connectivity index (χ3n) is 5.44. The van der Waals surface area contributed by atoms with Gasteiger partial charge in [-0.1, -0.05) is 18.2 Å². The molecule has 2 heterocycles. The second-order valence-corrected chi connectivity index (χ2v) is 7.60. The maximum atomic E-state index is 12.0. The lowest BCUT2D eigenvalue weighted by Gasteiger charge is -2.23. The lowest BCUT2D eigenvalue weighted by molar-refractivity contribution is -0.128. The molecule has 29 heavy (non-hydrogen) atoms. The first-order chi connectivity index (χ1) is 13.5. The van der Waals surface area contributed by atoms with Crippen LogP contribution in [0.25, 0.3) is 0 Å². The number of rotatable bonds is 6. The van der Waals surface area contributed by atoms with Gasteiger partial charge in [0.05, 0.1) is 0 Å². The van der Waals surface area contributed by atoms with E-state index in [1.807, 2.05) is 17.9 Å². The van der Waals surface area contributed by atoms with Crippen LogP contribution in [0.3, 0.4) is 0 Å². The summed E-state index contributed by atoms with van der Waals surface area (Å²) in [4.78, 5) is 34.2. The highest BCUT2D eigenvalue weighted by atomic mass is 127. The summed E-state index contributed by atoms with van der Waals surface area (Å²) in [7, 11) is 3.48. The fraction of sp³-hybridized carbons (Fsp3) is 0.571. The van der Waals surface area contributed by atoms with Crippen LogP contribution >= 0.6 is 24.0 Å². The molecule has 8 heteroatoms. The Balaban J connectivity index is 0.00000300. The third-order valence-corrected chi connectivity index (χ3v) is 5.44. The van der Waals surface area contributed by atoms with Crippen LogP contribution in [0.4, 0.5) is 5.69 Å². The van der Waals surface area contributed by atoms with Crippen molar-refractivity contribution in [3.63, 3.8) is 0 Å². The van der Waals surface area contributed by atoms with Gasteiger partial charge in [0.15, 0.2) is 5.96 Å². The van der Waals surface area contributed by atoms with Gasteiger partial charge in [-0.25, -0.2) is 4.99 Å². The van der Waals surface area contributed by atoms with E-state index < -0.39 is 0 Å². The first-order valence-corrected chi connectivity index (χ1v) is 10.1. The topological polar surface area (TPSA) is 68.2 Å². The molecule has 160 valence electrons. The SMILES string of the molecule is CCNC(=NCC(=O)N(C)C)N1CC(CCN2CCCC2=O)c2ccccc21.I. The summed E-state index contributed by atoms with van der Waals surface area (Å²) in [6.45, 7) is 5.39. The largest absolute Gasteiger partial charge is 0.356 e. The molecular formula is C21H32IN5O2. The number of nitrogens with zero attached hydrogens (tertiary/aromatic N) is 4. The number of nitrogens with one attached hydrogen (secondary N) is 1. The van der Waals surface area contributed by atoms with E-state index in [2.05, 4.69) is 33.4 Å². The molecule has 0 aliphatic carbocycles. The lowest BCUT2D eigenvalue weighted by Crippen LogP contribution is -2.42. The number of carbonyl (C=O) groups is 2. The molecule has 0 radical (unpaired) electrons. The number of hydrogen-bond donors (Lipinski definition) is 1. The van der Waals surface area contributed by atoms with Gasteiger partial charge in [0.1, 0.15) is 6.54 Å². The van der Waals surface area contributed by atoms with E-state index in [0.717, 1.165) is 50.7 Å². The highest BCUT2D eigenvalue weighted by Crippen LogP contribution is 2.38. The average molecular weight is 513 g/mol. The van der Waals surface area contributed by atoms with Gasteiger partial charge in [-0.3, -0.25) is 9.59 Å². The molecule has 7 nitrogen and oxygen atoms in total. The third kappa shape index (κ3) is 5.61. The van der Waals surface area contributed by atoms with Crippen molar-refractivity contribution in [3.8, 4) is 0 Å². The minimum atomic E-state index is -0.0213. The number of guanidine groups is 1. The Morgan fingerprint density at radius 1 is 1.31 bits per heavy atom. The van der Waals surface area contributed by atoms with E-state index in [0.29, 0.717) is 12.3 Å². The zero-order valence-corrected chi connectivity index (χ0v) is 19.9. The fourth-order valence-corrected chi connectivity index (χ4v) is 3.87. The summed E-state index contributed by atoms with van der Waals surface area (Å²) in [6.07, 6.45) is 2.60. The van der Waals surface area contributed by atoms with Crippen molar-refractivity contribution in [2.24, 2.45) is 4.99 Å². The summed E-state index contributed by atoms with van der Waals surface area (Å²) in [5.41, 5.74) is 2.43. The minimum absolute atomic E-state index is 0.